The maximum absolute atomic E-state index is 6.16. The molecular weight excluding hydrogens is 275 g/mol. The van der Waals surface area contributed by atoms with E-state index in [-0.39, 0.29) is 0 Å². The van der Waals surface area contributed by atoms with Crippen LogP contribution in [0.2, 0.25) is 9.36 Å². The van der Waals surface area contributed by atoms with Crippen molar-refractivity contribution in [1.29, 1.82) is 0 Å². The first-order valence-corrected chi connectivity index (χ1v) is 7.68. The van der Waals surface area contributed by atoms with E-state index >= 15 is 0 Å². The number of halogens is 2. The summed E-state index contributed by atoms with van der Waals surface area (Å²) in [7, 11) is 0. The van der Waals surface area contributed by atoms with Crippen LogP contribution in [0.15, 0.2) is 5.38 Å². The number of rotatable bonds is 4. The zero-order valence-electron chi connectivity index (χ0n) is 9.79. The minimum Gasteiger partial charge on any atom is -0.330 e. The van der Waals surface area contributed by atoms with Crippen LogP contribution < -0.4 is 5.73 Å². The van der Waals surface area contributed by atoms with Crippen LogP contribution >= 0.6 is 34.5 Å². The predicted octanol–water partition coefficient (Wildman–Crippen LogP) is 3.62. The van der Waals surface area contributed by atoms with E-state index in [1.807, 2.05) is 0 Å². The molecule has 0 spiro atoms. The average Bonchev–Trinajstić information content (AvgIpc) is 2.62. The van der Waals surface area contributed by atoms with Crippen molar-refractivity contribution >= 4 is 34.5 Å². The molecule has 1 unspecified atom stereocenters. The number of thiophene rings is 1. The lowest BCUT2D eigenvalue weighted by Gasteiger charge is -2.32. The van der Waals surface area contributed by atoms with Crippen LogP contribution in [0.1, 0.15) is 24.8 Å². The third-order valence-electron chi connectivity index (χ3n) is 3.33. The first-order valence-electron chi connectivity index (χ1n) is 6.04. The van der Waals surface area contributed by atoms with E-state index < -0.39 is 0 Å². The van der Waals surface area contributed by atoms with E-state index in [1.165, 1.54) is 24.2 Å². The molecule has 1 aromatic heterocycles. The van der Waals surface area contributed by atoms with Gasteiger partial charge in [-0.25, -0.2) is 0 Å². The Hall–Kier alpha value is 0.200. The topological polar surface area (TPSA) is 29.3 Å². The van der Waals surface area contributed by atoms with Crippen molar-refractivity contribution in [2.45, 2.75) is 25.8 Å². The minimum absolute atomic E-state index is 0.706. The molecule has 0 saturated carbocycles. The number of likely N-dealkylation sites (tertiary alicyclic amines) is 1. The van der Waals surface area contributed by atoms with Crippen molar-refractivity contribution in [2.24, 2.45) is 11.7 Å². The SMILES string of the molecule is NCCC1CCCN(Cc2csc(Cl)c2Cl)C1. The zero-order chi connectivity index (χ0) is 12.3. The number of nitrogens with two attached hydrogens (primary N) is 1. The number of hydrogen-bond donors (Lipinski definition) is 1. The van der Waals surface area contributed by atoms with Crippen LogP contribution in [-0.4, -0.2) is 24.5 Å². The third-order valence-corrected chi connectivity index (χ3v) is 5.24. The van der Waals surface area contributed by atoms with Crippen molar-refractivity contribution in [2.75, 3.05) is 19.6 Å². The summed E-state index contributed by atoms with van der Waals surface area (Å²) in [5.74, 6) is 0.752. The van der Waals surface area contributed by atoms with Gasteiger partial charge in [0, 0.05) is 13.1 Å². The molecule has 1 aromatic rings. The predicted molar refractivity (Wildman–Crippen MR) is 76.0 cm³/mol. The Morgan fingerprint density at radius 2 is 2.29 bits per heavy atom. The lowest BCUT2D eigenvalue weighted by atomic mass is 9.95. The van der Waals surface area contributed by atoms with Crippen molar-refractivity contribution in [3.05, 3.63) is 20.3 Å². The molecule has 1 saturated heterocycles. The van der Waals surface area contributed by atoms with Crippen molar-refractivity contribution in [3.8, 4) is 0 Å². The molecule has 1 fully saturated rings. The molecule has 0 aromatic carbocycles. The molecule has 2 N–H and O–H groups in total. The molecule has 0 aliphatic carbocycles. The maximum atomic E-state index is 6.16. The molecule has 0 radical (unpaired) electrons. The zero-order valence-corrected chi connectivity index (χ0v) is 12.1. The summed E-state index contributed by atoms with van der Waals surface area (Å²) in [5.41, 5.74) is 6.79. The first-order chi connectivity index (χ1) is 8.20. The normalized spacial score (nSPS) is 21.9. The van der Waals surface area contributed by atoms with E-state index in [1.54, 1.807) is 0 Å². The van der Waals surface area contributed by atoms with Gasteiger partial charge in [0.2, 0.25) is 0 Å². The highest BCUT2D eigenvalue weighted by molar-refractivity contribution is 7.15. The summed E-state index contributed by atoms with van der Waals surface area (Å²) in [6, 6.07) is 0. The highest BCUT2D eigenvalue weighted by Gasteiger charge is 2.20. The largest absolute Gasteiger partial charge is 0.330 e. The summed E-state index contributed by atoms with van der Waals surface area (Å²) in [5, 5.41) is 2.80. The Labute approximate surface area is 117 Å². The highest BCUT2D eigenvalue weighted by atomic mass is 35.5. The van der Waals surface area contributed by atoms with E-state index in [0.29, 0.717) is 4.34 Å². The fourth-order valence-corrected chi connectivity index (χ4v) is 3.71. The van der Waals surface area contributed by atoms with Crippen molar-refractivity contribution in [3.63, 3.8) is 0 Å². The van der Waals surface area contributed by atoms with E-state index in [4.69, 9.17) is 28.9 Å². The number of hydrogen-bond acceptors (Lipinski definition) is 3. The van der Waals surface area contributed by atoms with Crippen LogP contribution in [0.4, 0.5) is 0 Å². The molecule has 96 valence electrons. The summed E-state index contributed by atoms with van der Waals surface area (Å²) < 4.78 is 0.706. The second-order valence-electron chi connectivity index (χ2n) is 4.67. The lowest BCUT2D eigenvalue weighted by Crippen LogP contribution is -2.35. The van der Waals surface area contributed by atoms with Gasteiger partial charge >= 0.3 is 0 Å². The van der Waals surface area contributed by atoms with Crippen LogP contribution in [0.3, 0.4) is 0 Å². The molecule has 1 aliphatic rings. The van der Waals surface area contributed by atoms with Gasteiger partial charge in [0.05, 0.1) is 5.02 Å². The Morgan fingerprint density at radius 3 is 2.94 bits per heavy atom. The molecule has 5 heteroatoms. The van der Waals surface area contributed by atoms with Crippen LogP contribution in [0.5, 0.6) is 0 Å². The molecule has 2 heterocycles. The van der Waals surface area contributed by atoms with Gasteiger partial charge in [-0.05, 0) is 49.2 Å². The molecule has 1 atom stereocenters. The highest BCUT2D eigenvalue weighted by Crippen LogP contribution is 2.33. The average molecular weight is 293 g/mol. The van der Waals surface area contributed by atoms with Gasteiger partial charge in [0.15, 0.2) is 0 Å². The van der Waals surface area contributed by atoms with Gasteiger partial charge in [-0.15, -0.1) is 11.3 Å². The van der Waals surface area contributed by atoms with Gasteiger partial charge in [-0.2, -0.15) is 0 Å². The fraction of sp³-hybridized carbons (Fsp3) is 0.667. The van der Waals surface area contributed by atoms with E-state index in [9.17, 15) is 0 Å². The summed E-state index contributed by atoms with van der Waals surface area (Å²) >= 11 is 13.7. The summed E-state index contributed by atoms with van der Waals surface area (Å²) in [4.78, 5) is 2.47. The minimum atomic E-state index is 0.706. The second-order valence-corrected chi connectivity index (χ2v) is 6.53. The van der Waals surface area contributed by atoms with Crippen molar-refractivity contribution < 1.29 is 0 Å². The Bertz CT molecular complexity index is 365. The summed E-state index contributed by atoms with van der Waals surface area (Å²) in [6.45, 7) is 4.01. The standard InChI is InChI=1S/C12H18Cl2N2S/c13-11-10(8-17-12(11)14)7-16-5-1-2-9(6-16)3-4-15/h8-9H,1-7,15H2. The Balaban J connectivity index is 1.92. The lowest BCUT2D eigenvalue weighted by molar-refractivity contribution is 0.163. The molecule has 0 bridgehead atoms. The number of nitrogens with zero attached hydrogens (tertiary/aromatic N) is 1. The number of piperidine rings is 1. The maximum Gasteiger partial charge on any atom is 0.112 e. The molecule has 2 rings (SSSR count). The van der Waals surface area contributed by atoms with Gasteiger partial charge in [-0.1, -0.05) is 23.2 Å². The Morgan fingerprint density at radius 1 is 1.47 bits per heavy atom. The quantitative estimate of drug-likeness (QED) is 0.918. The molecule has 0 amide bonds. The van der Waals surface area contributed by atoms with Crippen LogP contribution in [0.25, 0.3) is 0 Å². The van der Waals surface area contributed by atoms with Gasteiger partial charge < -0.3 is 5.73 Å². The summed E-state index contributed by atoms with van der Waals surface area (Å²) in [6.07, 6.45) is 3.71. The van der Waals surface area contributed by atoms with E-state index in [0.717, 1.165) is 49.1 Å². The van der Waals surface area contributed by atoms with Crippen LogP contribution in [0, 0.1) is 5.92 Å². The van der Waals surface area contributed by atoms with E-state index in [2.05, 4.69) is 10.3 Å². The first kappa shape index (κ1) is 13.6. The van der Waals surface area contributed by atoms with Crippen molar-refractivity contribution in [1.82, 2.24) is 4.90 Å². The molecular formula is C12H18Cl2N2S. The smallest absolute Gasteiger partial charge is 0.112 e. The fourth-order valence-electron chi connectivity index (χ4n) is 2.47. The monoisotopic (exact) mass is 292 g/mol. The third kappa shape index (κ3) is 3.58. The Kier molecular flexibility index (Phi) is 5.12. The second kappa shape index (κ2) is 6.39. The molecule has 1 aliphatic heterocycles. The molecule has 17 heavy (non-hydrogen) atoms. The van der Waals surface area contributed by atoms with Crippen LogP contribution in [-0.2, 0) is 6.54 Å². The van der Waals surface area contributed by atoms with Gasteiger partial charge in [0.25, 0.3) is 0 Å². The van der Waals surface area contributed by atoms with Gasteiger partial charge in [0.1, 0.15) is 4.34 Å². The van der Waals surface area contributed by atoms with Gasteiger partial charge in [-0.3, -0.25) is 4.90 Å². The molecule has 2 nitrogen and oxygen atoms in total.